The highest BCUT2D eigenvalue weighted by atomic mass is 14.9. The van der Waals surface area contributed by atoms with Crippen molar-refractivity contribution in [2.75, 3.05) is 6.54 Å². The highest BCUT2D eigenvalue weighted by Gasteiger charge is 2.26. The Labute approximate surface area is 97.3 Å². The third-order valence-electron chi connectivity index (χ3n) is 3.44. The number of benzene rings is 1. The first-order valence-electron chi connectivity index (χ1n) is 6.04. The number of nitriles is 1. The van der Waals surface area contributed by atoms with Gasteiger partial charge in [0.1, 0.15) is 0 Å². The van der Waals surface area contributed by atoms with Crippen LogP contribution in [0, 0.1) is 17.2 Å². The molecule has 2 nitrogen and oxygen atoms in total. The zero-order valence-electron chi connectivity index (χ0n) is 9.52. The SMILES string of the molecule is N#CCN[C@@H]1CCC[C@@H]1Cc1ccccc1. The van der Waals surface area contributed by atoms with Gasteiger partial charge in [0.05, 0.1) is 12.6 Å². The maximum atomic E-state index is 8.59. The molecule has 2 rings (SSSR count). The number of nitrogens with zero attached hydrogens (tertiary/aromatic N) is 1. The van der Waals surface area contributed by atoms with Crippen LogP contribution < -0.4 is 5.32 Å². The lowest BCUT2D eigenvalue weighted by molar-refractivity contribution is 0.413. The van der Waals surface area contributed by atoms with E-state index in [9.17, 15) is 0 Å². The lowest BCUT2D eigenvalue weighted by Crippen LogP contribution is -2.33. The van der Waals surface area contributed by atoms with Crippen molar-refractivity contribution in [1.29, 1.82) is 5.26 Å². The number of nitrogens with one attached hydrogen (secondary N) is 1. The fourth-order valence-electron chi connectivity index (χ4n) is 2.64. The molecule has 0 aromatic heterocycles. The van der Waals surface area contributed by atoms with Gasteiger partial charge < -0.3 is 5.32 Å². The van der Waals surface area contributed by atoms with Crippen LogP contribution >= 0.6 is 0 Å². The molecule has 0 aliphatic heterocycles. The maximum Gasteiger partial charge on any atom is 0.0843 e. The van der Waals surface area contributed by atoms with Crippen LogP contribution in [0.25, 0.3) is 0 Å². The molecule has 16 heavy (non-hydrogen) atoms. The Balaban J connectivity index is 1.91. The zero-order chi connectivity index (χ0) is 11.2. The van der Waals surface area contributed by atoms with Crippen LogP contribution in [0.4, 0.5) is 0 Å². The second-order valence-electron chi connectivity index (χ2n) is 4.53. The third-order valence-corrected chi connectivity index (χ3v) is 3.44. The molecule has 0 heterocycles. The van der Waals surface area contributed by atoms with E-state index < -0.39 is 0 Å². The summed E-state index contributed by atoms with van der Waals surface area (Å²) < 4.78 is 0. The van der Waals surface area contributed by atoms with Gasteiger partial charge in [0, 0.05) is 6.04 Å². The van der Waals surface area contributed by atoms with Crippen LogP contribution in [0.3, 0.4) is 0 Å². The molecule has 0 amide bonds. The number of hydrogen-bond donors (Lipinski definition) is 1. The average molecular weight is 214 g/mol. The van der Waals surface area contributed by atoms with Crippen LogP contribution in [-0.2, 0) is 6.42 Å². The molecule has 2 heteroatoms. The number of hydrogen-bond acceptors (Lipinski definition) is 2. The second kappa shape index (κ2) is 5.67. The van der Waals surface area contributed by atoms with Crippen LogP contribution in [0.1, 0.15) is 24.8 Å². The maximum absolute atomic E-state index is 8.59. The normalized spacial score (nSPS) is 24.2. The summed E-state index contributed by atoms with van der Waals surface area (Å²) >= 11 is 0. The molecule has 1 aliphatic carbocycles. The topological polar surface area (TPSA) is 35.8 Å². The molecule has 1 saturated carbocycles. The van der Waals surface area contributed by atoms with Gasteiger partial charge in [0.15, 0.2) is 0 Å². The molecule has 1 aromatic carbocycles. The van der Waals surface area contributed by atoms with Crippen molar-refractivity contribution in [2.24, 2.45) is 5.92 Å². The van der Waals surface area contributed by atoms with Gasteiger partial charge in [-0.15, -0.1) is 0 Å². The summed E-state index contributed by atoms with van der Waals surface area (Å²) in [5, 5.41) is 11.9. The van der Waals surface area contributed by atoms with E-state index >= 15 is 0 Å². The summed E-state index contributed by atoms with van der Waals surface area (Å²) in [6.45, 7) is 0.482. The van der Waals surface area contributed by atoms with Crippen molar-refractivity contribution in [3.8, 4) is 6.07 Å². The van der Waals surface area contributed by atoms with E-state index in [1.165, 1.54) is 24.8 Å². The van der Waals surface area contributed by atoms with Crippen molar-refractivity contribution < 1.29 is 0 Å². The van der Waals surface area contributed by atoms with Gasteiger partial charge in [-0.3, -0.25) is 0 Å². The summed E-state index contributed by atoms with van der Waals surface area (Å²) in [6.07, 6.45) is 4.95. The Morgan fingerprint density at radius 1 is 1.25 bits per heavy atom. The smallest absolute Gasteiger partial charge is 0.0843 e. The van der Waals surface area contributed by atoms with E-state index in [0.29, 0.717) is 18.5 Å². The average Bonchev–Trinajstić information content (AvgIpc) is 2.75. The van der Waals surface area contributed by atoms with Gasteiger partial charge in [-0.2, -0.15) is 5.26 Å². The van der Waals surface area contributed by atoms with Crippen molar-refractivity contribution in [3.63, 3.8) is 0 Å². The van der Waals surface area contributed by atoms with Crippen molar-refractivity contribution in [3.05, 3.63) is 35.9 Å². The summed E-state index contributed by atoms with van der Waals surface area (Å²) in [5.74, 6) is 0.704. The Kier molecular flexibility index (Phi) is 3.96. The Morgan fingerprint density at radius 2 is 2.06 bits per heavy atom. The largest absolute Gasteiger partial charge is 0.301 e. The molecule has 1 N–H and O–H groups in total. The Morgan fingerprint density at radius 3 is 2.81 bits per heavy atom. The van der Waals surface area contributed by atoms with Gasteiger partial charge in [-0.25, -0.2) is 0 Å². The first-order chi connectivity index (χ1) is 7.90. The highest BCUT2D eigenvalue weighted by Crippen LogP contribution is 2.28. The summed E-state index contributed by atoms with van der Waals surface area (Å²) in [6, 6.07) is 13.4. The summed E-state index contributed by atoms with van der Waals surface area (Å²) in [7, 11) is 0. The van der Waals surface area contributed by atoms with E-state index in [0.717, 1.165) is 6.42 Å². The monoisotopic (exact) mass is 214 g/mol. The minimum atomic E-state index is 0.482. The quantitative estimate of drug-likeness (QED) is 0.782. The van der Waals surface area contributed by atoms with E-state index in [-0.39, 0.29) is 0 Å². The third kappa shape index (κ3) is 2.84. The molecule has 1 fully saturated rings. The molecule has 0 unspecified atom stereocenters. The van der Waals surface area contributed by atoms with Crippen LogP contribution in [0.2, 0.25) is 0 Å². The molecular formula is C14H18N2. The van der Waals surface area contributed by atoms with Crippen molar-refractivity contribution in [2.45, 2.75) is 31.7 Å². The molecule has 0 saturated heterocycles. The van der Waals surface area contributed by atoms with Gasteiger partial charge in [0.2, 0.25) is 0 Å². The van der Waals surface area contributed by atoms with E-state index in [1.54, 1.807) is 0 Å². The Hall–Kier alpha value is -1.33. The van der Waals surface area contributed by atoms with E-state index in [4.69, 9.17) is 5.26 Å². The minimum absolute atomic E-state index is 0.482. The molecule has 1 aromatic rings. The first kappa shape index (κ1) is 11.2. The van der Waals surface area contributed by atoms with Crippen molar-refractivity contribution in [1.82, 2.24) is 5.32 Å². The van der Waals surface area contributed by atoms with Crippen LogP contribution in [0.5, 0.6) is 0 Å². The first-order valence-corrected chi connectivity index (χ1v) is 6.04. The van der Waals surface area contributed by atoms with Gasteiger partial charge >= 0.3 is 0 Å². The lowest BCUT2D eigenvalue weighted by atomic mass is 9.95. The zero-order valence-corrected chi connectivity index (χ0v) is 9.52. The Bertz CT molecular complexity index is 353. The fraction of sp³-hybridized carbons (Fsp3) is 0.500. The molecular weight excluding hydrogens is 196 g/mol. The summed E-state index contributed by atoms with van der Waals surface area (Å²) in [5.41, 5.74) is 1.41. The molecule has 0 spiro atoms. The standard InChI is InChI=1S/C14H18N2/c15-9-10-16-14-8-4-7-13(14)11-12-5-2-1-3-6-12/h1-3,5-6,13-14,16H,4,7-8,10-11H2/t13-,14-/m1/s1. The van der Waals surface area contributed by atoms with E-state index in [2.05, 4.69) is 41.7 Å². The van der Waals surface area contributed by atoms with Gasteiger partial charge in [0.25, 0.3) is 0 Å². The van der Waals surface area contributed by atoms with Crippen LogP contribution in [0.15, 0.2) is 30.3 Å². The highest BCUT2D eigenvalue weighted by molar-refractivity contribution is 5.16. The fourth-order valence-corrected chi connectivity index (χ4v) is 2.64. The van der Waals surface area contributed by atoms with Crippen LogP contribution in [-0.4, -0.2) is 12.6 Å². The lowest BCUT2D eigenvalue weighted by Gasteiger charge is -2.19. The molecule has 2 atom stereocenters. The number of rotatable bonds is 4. The van der Waals surface area contributed by atoms with Gasteiger partial charge in [-0.05, 0) is 30.7 Å². The van der Waals surface area contributed by atoms with Gasteiger partial charge in [-0.1, -0.05) is 36.8 Å². The minimum Gasteiger partial charge on any atom is -0.301 e. The molecule has 0 radical (unpaired) electrons. The second-order valence-corrected chi connectivity index (χ2v) is 4.53. The van der Waals surface area contributed by atoms with Crippen molar-refractivity contribution >= 4 is 0 Å². The predicted molar refractivity (Wildman–Crippen MR) is 64.9 cm³/mol. The van der Waals surface area contributed by atoms with E-state index in [1.807, 2.05) is 0 Å². The predicted octanol–water partition coefficient (Wildman–Crippen LogP) is 2.51. The molecule has 84 valence electrons. The summed E-state index contributed by atoms with van der Waals surface area (Å²) in [4.78, 5) is 0. The molecule has 0 bridgehead atoms. The molecule has 1 aliphatic rings.